The number of ether oxygens (including phenoxy) is 1. The number of pyridine rings is 1. The van der Waals surface area contributed by atoms with Crippen molar-refractivity contribution in [3.63, 3.8) is 0 Å². The summed E-state index contributed by atoms with van der Waals surface area (Å²) in [6, 6.07) is 1.81. The van der Waals surface area contributed by atoms with Crippen LogP contribution in [0.1, 0.15) is 49.6 Å². The van der Waals surface area contributed by atoms with Crippen LogP contribution in [-0.4, -0.2) is 35.3 Å². The van der Waals surface area contributed by atoms with Crippen molar-refractivity contribution in [2.24, 2.45) is 5.73 Å². The van der Waals surface area contributed by atoms with Gasteiger partial charge in [-0.2, -0.15) is 0 Å². The molecule has 0 amide bonds. The first-order valence-corrected chi connectivity index (χ1v) is 8.45. The smallest absolute Gasteiger partial charge is 0.255 e. The highest BCUT2D eigenvalue weighted by Gasteiger charge is 2.25. The molecule has 2 aliphatic heterocycles. The summed E-state index contributed by atoms with van der Waals surface area (Å²) < 4.78 is 7.70. The number of fused-ring (bicyclic) bond motifs is 1. The van der Waals surface area contributed by atoms with Gasteiger partial charge in [0.1, 0.15) is 0 Å². The number of nitrogens with two attached hydrogens (primary N) is 1. The molecule has 2 unspecified atom stereocenters. The first-order valence-electron chi connectivity index (χ1n) is 8.45. The second-order valence-electron chi connectivity index (χ2n) is 6.53. The molecule has 1 saturated heterocycles. The summed E-state index contributed by atoms with van der Waals surface area (Å²) in [5.74, 6) is 0. The minimum atomic E-state index is -0.231. The van der Waals surface area contributed by atoms with Crippen LogP contribution in [0.4, 0.5) is 0 Å². The lowest BCUT2D eigenvalue weighted by Gasteiger charge is -2.31. The molecular weight excluding hydrogens is 278 g/mol. The Morgan fingerprint density at radius 2 is 2.32 bits per heavy atom. The number of hydrogen-bond donors (Lipinski definition) is 1. The van der Waals surface area contributed by atoms with Crippen molar-refractivity contribution < 1.29 is 4.74 Å². The van der Waals surface area contributed by atoms with Crippen LogP contribution in [0.2, 0.25) is 0 Å². The van der Waals surface area contributed by atoms with Crippen LogP contribution in [0, 0.1) is 0 Å². The zero-order valence-electron chi connectivity index (χ0n) is 13.7. The van der Waals surface area contributed by atoms with Crippen molar-refractivity contribution >= 4 is 0 Å². The van der Waals surface area contributed by atoms with Gasteiger partial charge in [0.05, 0.1) is 12.6 Å². The van der Waals surface area contributed by atoms with Crippen molar-refractivity contribution in [3.05, 3.63) is 33.2 Å². The Kier molecular flexibility index (Phi) is 4.66. The molecule has 3 rings (SSSR count). The first-order chi connectivity index (χ1) is 10.6. The molecule has 22 heavy (non-hydrogen) atoms. The highest BCUT2D eigenvalue weighted by molar-refractivity contribution is 5.30. The van der Waals surface area contributed by atoms with Gasteiger partial charge in [0.15, 0.2) is 0 Å². The molecule has 1 aromatic heterocycles. The number of likely N-dealkylation sites (N-methyl/N-ethyl adjacent to an activating group) is 1. The third-order valence-corrected chi connectivity index (χ3v) is 4.93. The number of rotatable bonds is 4. The second kappa shape index (κ2) is 6.52. The molecule has 1 aromatic rings. The average Bonchev–Trinajstić information content (AvgIpc) is 3.02. The summed E-state index contributed by atoms with van der Waals surface area (Å²) in [4.78, 5) is 15.2. The number of aromatic nitrogens is 1. The molecule has 122 valence electrons. The third kappa shape index (κ3) is 2.98. The summed E-state index contributed by atoms with van der Waals surface area (Å²) in [6.07, 6.45) is 3.25. The van der Waals surface area contributed by atoms with Gasteiger partial charge >= 0.3 is 0 Å². The van der Waals surface area contributed by atoms with E-state index in [2.05, 4.69) is 11.8 Å². The van der Waals surface area contributed by atoms with Crippen LogP contribution in [0.5, 0.6) is 0 Å². The predicted molar refractivity (Wildman–Crippen MR) is 86.9 cm³/mol. The van der Waals surface area contributed by atoms with E-state index in [4.69, 9.17) is 10.5 Å². The molecule has 0 saturated carbocycles. The minimum Gasteiger partial charge on any atom is -0.376 e. The fourth-order valence-electron chi connectivity index (χ4n) is 3.58. The topological polar surface area (TPSA) is 60.5 Å². The maximum atomic E-state index is 12.8. The summed E-state index contributed by atoms with van der Waals surface area (Å²) >= 11 is 0. The fraction of sp³-hybridized carbons (Fsp3) is 0.706. The maximum Gasteiger partial charge on any atom is 0.255 e. The molecule has 0 radical (unpaired) electrons. The Hall–Kier alpha value is -1.17. The van der Waals surface area contributed by atoms with E-state index >= 15 is 0 Å². The Labute approximate surface area is 132 Å². The monoisotopic (exact) mass is 305 g/mol. The van der Waals surface area contributed by atoms with Crippen molar-refractivity contribution in [2.75, 3.05) is 19.7 Å². The Morgan fingerprint density at radius 3 is 2.95 bits per heavy atom. The molecule has 2 atom stereocenters. The lowest BCUT2D eigenvalue weighted by molar-refractivity contribution is 0.0946. The average molecular weight is 305 g/mol. The molecule has 0 aromatic carbocycles. The van der Waals surface area contributed by atoms with Gasteiger partial charge in [0.25, 0.3) is 5.56 Å². The Bertz CT molecular complexity index is 588. The van der Waals surface area contributed by atoms with Crippen LogP contribution in [0.25, 0.3) is 0 Å². The van der Waals surface area contributed by atoms with Crippen LogP contribution in [0.3, 0.4) is 0 Å². The normalized spacial score (nSPS) is 23.5. The quantitative estimate of drug-likeness (QED) is 0.914. The summed E-state index contributed by atoms with van der Waals surface area (Å²) in [6.45, 7) is 8.53. The van der Waals surface area contributed by atoms with Crippen LogP contribution < -0.4 is 11.3 Å². The van der Waals surface area contributed by atoms with Gasteiger partial charge < -0.3 is 15.0 Å². The molecular formula is C17H27N3O2. The van der Waals surface area contributed by atoms with Gasteiger partial charge in [0, 0.05) is 43.4 Å². The summed E-state index contributed by atoms with van der Waals surface area (Å²) in [7, 11) is 0. The van der Waals surface area contributed by atoms with Gasteiger partial charge in [0.2, 0.25) is 0 Å². The van der Waals surface area contributed by atoms with Crippen LogP contribution in [0.15, 0.2) is 10.9 Å². The molecule has 5 heteroatoms. The predicted octanol–water partition coefficient (Wildman–Crippen LogP) is 1.42. The Morgan fingerprint density at radius 1 is 1.50 bits per heavy atom. The molecule has 0 aliphatic carbocycles. The van der Waals surface area contributed by atoms with E-state index in [1.807, 2.05) is 17.6 Å². The van der Waals surface area contributed by atoms with Crippen LogP contribution >= 0.6 is 0 Å². The lowest BCUT2D eigenvalue weighted by Crippen LogP contribution is -2.39. The molecule has 0 bridgehead atoms. The number of nitrogens with zero attached hydrogens (tertiary/aromatic N) is 2. The standard InChI is InChI=1S/C17H27N3O2/c1-3-19-7-6-16-13(10-19)9-15(12(2)18)17(21)20(16)11-14-5-4-8-22-14/h9,12,14H,3-8,10-11,18H2,1-2H3. The van der Waals surface area contributed by atoms with Gasteiger partial charge in [-0.05, 0) is 37.9 Å². The lowest BCUT2D eigenvalue weighted by atomic mass is 10.00. The van der Waals surface area contributed by atoms with Crippen molar-refractivity contribution in [1.29, 1.82) is 0 Å². The van der Waals surface area contributed by atoms with E-state index < -0.39 is 0 Å². The number of hydrogen-bond acceptors (Lipinski definition) is 4. The molecule has 0 spiro atoms. The van der Waals surface area contributed by atoms with Crippen LogP contribution in [-0.2, 0) is 24.2 Å². The zero-order valence-corrected chi connectivity index (χ0v) is 13.7. The van der Waals surface area contributed by atoms with E-state index in [0.29, 0.717) is 6.54 Å². The fourth-order valence-corrected chi connectivity index (χ4v) is 3.58. The van der Waals surface area contributed by atoms with E-state index in [0.717, 1.165) is 51.1 Å². The van der Waals surface area contributed by atoms with Crippen molar-refractivity contribution in [2.45, 2.75) is 58.3 Å². The van der Waals surface area contributed by atoms with Gasteiger partial charge in [-0.3, -0.25) is 9.69 Å². The largest absolute Gasteiger partial charge is 0.376 e. The summed E-state index contributed by atoms with van der Waals surface area (Å²) in [5.41, 5.74) is 9.29. The molecule has 5 nitrogen and oxygen atoms in total. The molecule has 2 N–H and O–H groups in total. The zero-order chi connectivity index (χ0) is 15.7. The minimum absolute atomic E-state index is 0.0780. The van der Waals surface area contributed by atoms with Gasteiger partial charge in [-0.15, -0.1) is 0 Å². The molecule has 1 fully saturated rings. The van der Waals surface area contributed by atoms with E-state index in [-0.39, 0.29) is 17.7 Å². The maximum absolute atomic E-state index is 12.8. The van der Waals surface area contributed by atoms with Gasteiger partial charge in [-0.25, -0.2) is 0 Å². The van der Waals surface area contributed by atoms with E-state index in [9.17, 15) is 4.79 Å². The SMILES string of the molecule is CCN1CCc2c(cc(C(C)N)c(=O)n2CC2CCCO2)C1. The van der Waals surface area contributed by atoms with Gasteiger partial charge in [-0.1, -0.05) is 6.92 Å². The van der Waals surface area contributed by atoms with Crippen molar-refractivity contribution in [3.8, 4) is 0 Å². The Balaban J connectivity index is 2.01. The highest BCUT2D eigenvalue weighted by atomic mass is 16.5. The highest BCUT2D eigenvalue weighted by Crippen LogP contribution is 2.22. The molecule has 3 heterocycles. The summed E-state index contributed by atoms with van der Waals surface area (Å²) in [5, 5.41) is 0. The first kappa shape index (κ1) is 15.7. The third-order valence-electron chi connectivity index (χ3n) is 4.93. The van der Waals surface area contributed by atoms with Crippen molar-refractivity contribution in [1.82, 2.24) is 9.47 Å². The van der Waals surface area contributed by atoms with E-state index in [1.54, 1.807) is 0 Å². The molecule has 2 aliphatic rings. The second-order valence-corrected chi connectivity index (χ2v) is 6.53. The van der Waals surface area contributed by atoms with E-state index in [1.165, 1.54) is 11.3 Å².